The third kappa shape index (κ3) is 2.92. The molecular formula is C15H10BrClN2O2. The summed E-state index contributed by atoms with van der Waals surface area (Å²) in [5.74, 6) is 1.31. The van der Waals surface area contributed by atoms with Crippen molar-refractivity contribution in [3.63, 3.8) is 0 Å². The number of nitrogens with zero attached hydrogens (tertiary/aromatic N) is 1. The fourth-order valence-corrected chi connectivity index (χ4v) is 2.76. The van der Waals surface area contributed by atoms with E-state index in [-0.39, 0.29) is 6.79 Å². The first-order valence-electron chi connectivity index (χ1n) is 6.18. The maximum absolute atomic E-state index is 9.41. The van der Waals surface area contributed by atoms with Crippen LogP contribution in [0.2, 0.25) is 5.02 Å². The lowest BCUT2D eigenvalue weighted by Gasteiger charge is -2.14. The Morgan fingerprint density at radius 3 is 2.71 bits per heavy atom. The van der Waals surface area contributed by atoms with E-state index in [1.165, 1.54) is 0 Å². The number of hydrogen-bond donors (Lipinski definition) is 1. The van der Waals surface area contributed by atoms with Crippen LogP contribution in [0.1, 0.15) is 11.6 Å². The monoisotopic (exact) mass is 364 g/mol. The summed E-state index contributed by atoms with van der Waals surface area (Å²) in [4.78, 5) is 0. The summed E-state index contributed by atoms with van der Waals surface area (Å²) in [6.07, 6.45) is 0. The summed E-state index contributed by atoms with van der Waals surface area (Å²) in [6, 6.07) is 12.6. The van der Waals surface area contributed by atoms with Crippen molar-refractivity contribution in [1.82, 2.24) is 0 Å². The lowest BCUT2D eigenvalue weighted by molar-refractivity contribution is 0.173. The fraction of sp³-hybridized carbons (Fsp3) is 0.133. The van der Waals surface area contributed by atoms with Crippen molar-refractivity contribution >= 4 is 33.2 Å². The maximum atomic E-state index is 9.41. The van der Waals surface area contributed by atoms with Crippen LogP contribution in [-0.4, -0.2) is 6.79 Å². The van der Waals surface area contributed by atoms with Crippen molar-refractivity contribution in [2.24, 2.45) is 0 Å². The minimum absolute atomic E-state index is 0.194. The SMILES string of the molecule is N#CC(Nc1ccc(Cl)cc1)c1cc(Br)c2c(c1)OCO2. The van der Waals surface area contributed by atoms with E-state index in [0.29, 0.717) is 16.5 Å². The lowest BCUT2D eigenvalue weighted by Crippen LogP contribution is -2.08. The zero-order valence-corrected chi connectivity index (χ0v) is 13.1. The molecule has 0 saturated heterocycles. The lowest BCUT2D eigenvalue weighted by atomic mass is 10.1. The van der Waals surface area contributed by atoms with Gasteiger partial charge in [-0.05, 0) is 57.9 Å². The Morgan fingerprint density at radius 2 is 2.00 bits per heavy atom. The van der Waals surface area contributed by atoms with Crippen molar-refractivity contribution in [3.05, 3.63) is 51.5 Å². The third-order valence-electron chi connectivity index (χ3n) is 3.07. The molecule has 0 aromatic heterocycles. The minimum atomic E-state index is -0.503. The fourth-order valence-electron chi connectivity index (χ4n) is 2.06. The molecule has 4 nitrogen and oxygen atoms in total. The Labute approximate surface area is 135 Å². The number of ether oxygens (including phenoxy) is 2. The molecule has 106 valence electrons. The molecule has 1 aliphatic heterocycles. The Kier molecular flexibility index (Phi) is 3.91. The van der Waals surface area contributed by atoms with Gasteiger partial charge in [-0.2, -0.15) is 5.26 Å². The van der Waals surface area contributed by atoms with Crippen molar-refractivity contribution in [2.45, 2.75) is 6.04 Å². The van der Waals surface area contributed by atoms with E-state index in [0.717, 1.165) is 15.7 Å². The Hall–Kier alpha value is -1.90. The van der Waals surface area contributed by atoms with E-state index in [1.54, 1.807) is 12.1 Å². The number of halogens is 2. The first-order valence-corrected chi connectivity index (χ1v) is 7.35. The molecule has 0 saturated carbocycles. The second-order valence-corrected chi connectivity index (χ2v) is 5.74. The summed E-state index contributed by atoms with van der Waals surface area (Å²) in [5.41, 5.74) is 1.61. The van der Waals surface area contributed by atoms with Crippen molar-refractivity contribution in [1.29, 1.82) is 5.26 Å². The van der Waals surface area contributed by atoms with Gasteiger partial charge in [-0.1, -0.05) is 11.6 Å². The summed E-state index contributed by atoms with van der Waals surface area (Å²) in [5, 5.41) is 13.2. The molecule has 1 unspecified atom stereocenters. The molecule has 2 aromatic rings. The van der Waals surface area contributed by atoms with Gasteiger partial charge in [0.15, 0.2) is 11.5 Å². The van der Waals surface area contributed by atoms with E-state index in [9.17, 15) is 5.26 Å². The first kappa shape index (κ1) is 14.1. The number of benzene rings is 2. The number of rotatable bonds is 3. The molecule has 21 heavy (non-hydrogen) atoms. The standard InChI is InChI=1S/C15H10BrClN2O2/c16-12-5-9(6-14-15(12)21-8-20-14)13(7-18)19-11-3-1-10(17)2-4-11/h1-6,13,19H,8H2. The van der Waals surface area contributed by atoms with Gasteiger partial charge in [0.25, 0.3) is 0 Å². The highest BCUT2D eigenvalue weighted by molar-refractivity contribution is 9.10. The summed E-state index contributed by atoms with van der Waals surface area (Å²) in [6.45, 7) is 0.194. The van der Waals surface area contributed by atoms with Crippen LogP contribution in [0.4, 0.5) is 5.69 Å². The van der Waals surface area contributed by atoms with Gasteiger partial charge in [0, 0.05) is 10.7 Å². The molecule has 1 atom stereocenters. The van der Waals surface area contributed by atoms with E-state index < -0.39 is 6.04 Å². The average molecular weight is 366 g/mol. The molecule has 0 radical (unpaired) electrons. The Balaban J connectivity index is 1.88. The topological polar surface area (TPSA) is 54.3 Å². The van der Waals surface area contributed by atoms with Crippen LogP contribution < -0.4 is 14.8 Å². The van der Waals surface area contributed by atoms with E-state index >= 15 is 0 Å². The van der Waals surface area contributed by atoms with Gasteiger partial charge in [0.1, 0.15) is 6.04 Å². The molecule has 6 heteroatoms. The smallest absolute Gasteiger partial charge is 0.231 e. The molecule has 0 fully saturated rings. The summed E-state index contributed by atoms with van der Waals surface area (Å²) < 4.78 is 11.5. The highest BCUT2D eigenvalue weighted by Gasteiger charge is 2.21. The molecule has 3 rings (SSSR count). The quantitative estimate of drug-likeness (QED) is 0.869. The number of anilines is 1. The molecule has 1 N–H and O–H groups in total. The average Bonchev–Trinajstić information content (AvgIpc) is 2.95. The van der Waals surface area contributed by atoms with Crippen molar-refractivity contribution < 1.29 is 9.47 Å². The molecule has 1 aliphatic rings. The van der Waals surface area contributed by atoms with Crippen LogP contribution in [0.5, 0.6) is 11.5 Å². The maximum Gasteiger partial charge on any atom is 0.231 e. The predicted octanol–water partition coefficient (Wildman–Crippen LogP) is 4.51. The van der Waals surface area contributed by atoms with Crippen LogP contribution >= 0.6 is 27.5 Å². The minimum Gasteiger partial charge on any atom is -0.454 e. The summed E-state index contributed by atoms with van der Waals surface area (Å²) >= 11 is 9.29. The number of nitrogens with one attached hydrogen (secondary N) is 1. The highest BCUT2D eigenvalue weighted by Crippen LogP contribution is 2.41. The van der Waals surface area contributed by atoms with Gasteiger partial charge < -0.3 is 14.8 Å². The van der Waals surface area contributed by atoms with Crippen LogP contribution in [0.25, 0.3) is 0 Å². The normalized spacial score (nSPS) is 13.6. The molecule has 0 bridgehead atoms. The molecular weight excluding hydrogens is 356 g/mol. The largest absolute Gasteiger partial charge is 0.454 e. The van der Waals surface area contributed by atoms with E-state index in [2.05, 4.69) is 27.3 Å². The second-order valence-electron chi connectivity index (χ2n) is 4.45. The number of nitriles is 1. The number of fused-ring (bicyclic) bond motifs is 1. The first-order chi connectivity index (χ1) is 10.2. The van der Waals surface area contributed by atoms with Gasteiger partial charge in [-0.3, -0.25) is 0 Å². The molecule has 2 aromatic carbocycles. The zero-order valence-electron chi connectivity index (χ0n) is 10.8. The van der Waals surface area contributed by atoms with Gasteiger partial charge >= 0.3 is 0 Å². The molecule has 0 spiro atoms. The zero-order chi connectivity index (χ0) is 14.8. The molecule has 1 heterocycles. The summed E-state index contributed by atoms with van der Waals surface area (Å²) in [7, 11) is 0. The van der Waals surface area contributed by atoms with Crippen LogP contribution in [-0.2, 0) is 0 Å². The highest BCUT2D eigenvalue weighted by atomic mass is 79.9. The third-order valence-corrected chi connectivity index (χ3v) is 3.91. The molecule has 0 aliphatic carbocycles. The van der Waals surface area contributed by atoms with Gasteiger partial charge in [-0.25, -0.2) is 0 Å². The Bertz CT molecular complexity index is 713. The van der Waals surface area contributed by atoms with Crippen LogP contribution in [0.3, 0.4) is 0 Å². The van der Waals surface area contributed by atoms with Gasteiger partial charge in [0.05, 0.1) is 10.5 Å². The van der Waals surface area contributed by atoms with Crippen molar-refractivity contribution in [2.75, 3.05) is 12.1 Å². The van der Waals surface area contributed by atoms with Gasteiger partial charge in [0.2, 0.25) is 6.79 Å². The Morgan fingerprint density at radius 1 is 1.24 bits per heavy atom. The van der Waals surface area contributed by atoms with E-state index in [1.807, 2.05) is 24.3 Å². The van der Waals surface area contributed by atoms with Crippen LogP contribution in [0.15, 0.2) is 40.9 Å². The van der Waals surface area contributed by atoms with Crippen LogP contribution in [0, 0.1) is 11.3 Å². The van der Waals surface area contributed by atoms with E-state index in [4.69, 9.17) is 21.1 Å². The number of hydrogen-bond acceptors (Lipinski definition) is 4. The predicted molar refractivity (Wildman–Crippen MR) is 83.7 cm³/mol. The van der Waals surface area contributed by atoms with Crippen molar-refractivity contribution in [3.8, 4) is 17.6 Å². The van der Waals surface area contributed by atoms with Gasteiger partial charge in [-0.15, -0.1) is 0 Å². The molecule has 0 amide bonds. The second kappa shape index (κ2) is 5.84.